The van der Waals surface area contributed by atoms with E-state index < -0.39 is 41.8 Å². The molecule has 0 heterocycles. The number of alkyl halides is 3. The van der Waals surface area contributed by atoms with Crippen LogP contribution in [0.2, 0.25) is 0 Å². The topological polar surface area (TPSA) is 9.23 Å². The SMILES string of the molecule is C/C=C/CCc1cc(F)c(CCc2ccc3c(F)c(CCc4ccc(OCC(F)(F)F)c(F)c4)ccc3c2)c(F)c1. The molecule has 0 radical (unpaired) electrons. The van der Waals surface area contributed by atoms with Crippen molar-refractivity contribution in [3.8, 4) is 5.75 Å². The van der Waals surface area contributed by atoms with Crippen molar-refractivity contribution in [2.24, 2.45) is 0 Å². The Hall–Kier alpha value is -3.81. The van der Waals surface area contributed by atoms with Gasteiger partial charge in [-0.3, -0.25) is 0 Å². The van der Waals surface area contributed by atoms with E-state index in [1.54, 1.807) is 30.3 Å². The summed E-state index contributed by atoms with van der Waals surface area (Å²) in [5, 5.41) is 1.03. The summed E-state index contributed by atoms with van der Waals surface area (Å²) in [4.78, 5) is 0. The molecule has 1 nitrogen and oxygen atoms in total. The molecule has 0 atom stereocenters. The van der Waals surface area contributed by atoms with Gasteiger partial charge in [-0.05, 0) is 97.4 Å². The molecular formula is C33H29F7O. The van der Waals surface area contributed by atoms with Gasteiger partial charge in [0, 0.05) is 10.9 Å². The minimum absolute atomic E-state index is 0.0257. The Morgan fingerprint density at radius 1 is 0.683 bits per heavy atom. The molecule has 0 aliphatic carbocycles. The van der Waals surface area contributed by atoms with Crippen LogP contribution in [-0.2, 0) is 32.1 Å². The maximum atomic E-state index is 15.3. The highest BCUT2D eigenvalue weighted by Crippen LogP contribution is 2.27. The van der Waals surface area contributed by atoms with Crippen molar-refractivity contribution in [1.29, 1.82) is 0 Å². The maximum Gasteiger partial charge on any atom is 0.422 e. The lowest BCUT2D eigenvalue weighted by Gasteiger charge is -2.12. The van der Waals surface area contributed by atoms with Crippen molar-refractivity contribution >= 4 is 10.8 Å². The average molecular weight is 575 g/mol. The van der Waals surface area contributed by atoms with Gasteiger partial charge in [0.25, 0.3) is 0 Å². The molecule has 0 unspecified atom stereocenters. The Balaban J connectivity index is 1.40. The van der Waals surface area contributed by atoms with Crippen LogP contribution in [0.15, 0.2) is 72.8 Å². The minimum Gasteiger partial charge on any atom is -0.481 e. The molecule has 0 amide bonds. The van der Waals surface area contributed by atoms with Crippen LogP contribution >= 0.6 is 0 Å². The second-order valence-electron chi connectivity index (χ2n) is 9.91. The van der Waals surface area contributed by atoms with E-state index in [-0.39, 0.29) is 24.8 Å². The first-order valence-corrected chi connectivity index (χ1v) is 13.3. The molecule has 0 fully saturated rings. The fourth-order valence-electron chi connectivity index (χ4n) is 4.72. The van der Waals surface area contributed by atoms with E-state index in [0.717, 1.165) is 17.7 Å². The highest BCUT2D eigenvalue weighted by molar-refractivity contribution is 5.84. The van der Waals surface area contributed by atoms with E-state index in [9.17, 15) is 26.3 Å². The van der Waals surface area contributed by atoms with Crippen LogP contribution in [0, 0.1) is 23.3 Å². The third kappa shape index (κ3) is 8.12. The summed E-state index contributed by atoms with van der Waals surface area (Å²) >= 11 is 0. The smallest absolute Gasteiger partial charge is 0.422 e. The van der Waals surface area contributed by atoms with Gasteiger partial charge in [-0.1, -0.05) is 48.6 Å². The molecule has 0 saturated heterocycles. The van der Waals surface area contributed by atoms with Gasteiger partial charge in [-0.2, -0.15) is 13.2 Å². The van der Waals surface area contributed by atoms with Crippen LogP contribution in [0.1, 0.15) is 41.2 Å². The van der Waals surface area contributed by atoms with Gasteiger partial charge >= 0.3 is 6.18 Å². The van der Waals surface area contributed by atoms with Crippen molar-refractivity contribution in [2.75, 3.05) is 6.61 Å². The Labute approximate surface area is 234 Å². The summed E-state index contributed by atoms with van der Waals surface area (Å²) in [5.41, 5.74) is 2.33. The lowest BCUT2D eigenvalue weighted by Crippen LogP contribution is -2.19. The minimum atomic E-state index is -4.58. The number of benzene rings is 4. The summed E-state index contributed by atoms with van der Waals surface area (Å²) in [6, 6.07) is 15.0. The van der Waals surface area contributed by atoms with Crippen molar-refractivity contribution in [2.45, 2.75) is 51.6 Å². The van der Waals surface area contributed by atoms with Crippen LogP contribution in [0.25, 0.3) is 10.8 Å². The molecule has 216 valence electrons. The second-order valence-corrected chi connectivity index (χ2v) is 9.91. The van der Waals surface area contributed by atoms with Gasteiger partial charge in [0.15, 0.2) is 18.2 Å². The molecule has 0 bridgehead atoms. The number of halogens is 7. The third-order valence-electron chi connectivity index (χ3n) is 6.87. The molecule has 4 aromatic rings. The van der Waals surface area contributed by atoms with E-state index in [1.165, 1.54) is 18.2 Å². The van der Waals surface area contributed by atoms with Crippen molar-refractivity contribution in [1.82, 2.24) is 0 Å². The van der Waals surface area contributed by atoms with Gasteiger partial charge in [0.1, 0.15) is 17.5 Å². The largest absolute Gasteiger partial charge is 0.481 e. The summed E-state index contributed by atoms with van der Waals surface area (Å²) < 4.78 is 100. The number of ether oxygens (including phenoxy) is 1. The Morgan fingerprint density at radius 3 is 2.02 bits per heavy atom. The predicted molar refractivity (Wildman–Crippen MR) is 146 cm³/mol. The van der Waals surface area contributed by atoms with Crippen molar-refractivity contribution in [3.05, 3.63) is 124 Å². The fraction of sp³-hybridized carbons (Fsp3) is 0.273. The number of hydrogen-bond acceptors (Lipinski definition) is 1. The van der Waals surface area contributed by atoms with Crippen molar-refractivity contribution in [3.63, 3.8) is 0 Å². The lowest BCUT2D eigenvalue weighted by molar-refractivity contribution is -0.153. The molecule has 41 heavy (non-hydrogen) atoms. The zero-order chi connectivity index (χ0) is 29.6. The normalized spacial score (nSPS) is 12.0. The molecule has 0 saturated carbocycles. The first-order valence-electron chi connectivity index (χ1n) is 13.3. The van der Waals surface area contributed by atoms with E-state index in [1.807, 2.05) is 19.1 Å². The first-order chi connectivity index (χ1) is 19.5. The third-order valence-corrected chi connectivity index (χ3v) is 6.87. The average Bonchev–Trinajstić information content (AvgIpc) is 2.91. The zero-order valence-electron chi connectivity index (χ0n) is 22.4. The Morgan fingerprint density at radius 2 is 1.34 bits per heavy atom. The number of allylic oxidation sites excluding steroid dienone is 2. The molecule has 0 N–H and O–H groups in total. The monoisotopic (exact) mass is 574 g/mol. The molecule has 0 aromatic heterocycles. The first kappa shape index (κ1) is 30.2. The zero-order valence-corrected chi connectivity index (χ0v) is 22.4. The van der Waals surface area contributed by atoms with Gasteiger partial charge < -0.3 is 4.74 Å². The number of aryl methyl sites for hydroxylation is 4. The number of rotatable bonds is 11. The van der Waals surface area contributed by atoms with Gasteiger partial charge in [0.05, 0.1) is 0 Å². The summed E-state index contributed by atoms with van der Waals surface area (Å²) in [6.45, 7) is 0.300. The summed E-state index contributed by atoms with van der Waals surface area (Å²) in [5.74, 6) is -2.98. The van der Waals surface area contributed by atoms with E-state index in [2.05, 4.69) is 4.74 Å². The Bertz CT molecular complexity index is 1520. The molecule has 8 heteroatoms. The standard InChI is InChI=1S/C33H29F7O/c1-2-3-4-5-23-18-28(34)27(29(35)19-23)14-8-21-7-13-26-25(16-21)12-11-24(32(26)37)10-6-22-9-15-31(30(36)17-22)41-20-33(38,39)40/h2-3,7,9,11-13,15-19H,4-6,8,10,14,20H2,1H3/b3-2+. The molecule has 4 rings (SSSR count). The fourth-order valence-corrected chi connectivity index (χ4v) is 4.72. The van der Waals surface area contributed by atoms with Crippen LogP contribution in [0.4, 0.5) is 30.7 Å². The van der Waals surface area contributed by atoms with E-state index in [4.69, 9.17) is 0 Å². The predicted octanol–water partition coefficient (Wildman–Crippen LogP) is 9.42. The van der Waals surface area contributed by atoms with E-state index >= 15 is 4.39 Å². The number of hydrogen-bond donors (Lipinski definition) is 0. The van der Waals surface area contributed by atoms with Crippen LogP contribution < -0.4 is 4.74 Å². The Kier molecular flexibility index (Phi) is 9.73. The van der Waals surface area contributed by atoms with E-state index in [0.29, 0.717) is 46.7 Å². The molecular weight excluding hydrogens is 545 g/mol. The second kappa shape index (κ2) is 13.2. The summed E-state index contributed by atoms with van der Waals surface area (Å²) in [6.07, 6.45) is 1.57. The number of fused-ring (bicyclic) bond motifs is 1. The molecule has 0 aliphatic heterocycles. The van der Waals surface area contributed by atoms with Gasteiger partial charge in [-0.25, -0.2) is 17.6 Å². The van der Waals surface area contributed by atoms with Crippen LogP contribution in [-0.4, -0.2) is 12.8 Å². The van der Waals surface area contributed by atoms with Crippen LogP contribution in [0.5, 0.6) is 5.75 Å². The lowest BCUT2D eigenvalue weighted by atomic mass is 9.96. The van der Waals surface area contributed by atoms with Crippen molar-refractivity contribution < 1.29 is 35.5 Å². The highest BCUT2D eigenvalue weighted by Gasteiger charge is 2.29. The molecule has 0 aliphatic rings. The summed E-state index contributed by atoms with van der Waals surface area (Å²) in [7, 11) is 0. The molecule has 4 aromatic carbocycles. The highest BCUT2D eigenvalue weighted by atomic mass is 19.4. The van der Waals surface area contributed by atoms with Gasteiger partial charge in [0.2, 0.25) is 0 Å². The van der Waals surface area contributed by atoms with Crippen LogP contribution in [0.3, 0.4) is 0 Å². The van der Waals surface area contributed by atoms with Gasteiger partial charge in [-0.15, -0.1) is 0 Å². The quantitative estimate of drug-likeness (QED) is 0.128. The molecule has 0 spiro atoms. The maximum absolute atomic E-state index is 15.3.